The van der Waals surface area contributed by atoms with E-state index in [1.165, 1.54) is 18.3 Å². The van der Waals surface area contributed by atoms with Gasteiger partial charge in [-0.25, -0.2) is 4.98 Å². The van der Waals surface area contributed by atoms with Gasteiger partial charge >= 0.3 is 5.51 Å². The zero-order valence-electron chi connectivity index (χ0n) is 11.1. The van der Waals surface area contributed by atoms with Gasteiger partial charge in [-0.2, -0.15) is 13.2 Å². The summed E-state index contributed by atoms with van der Waals surface area (Å²) in [5, 5.41) is 5.34. The highest BCUT2D eigenvalue weighted by Gasteiger charge is 2.32. The van der Waals surface area contributed by atoms with Gasteiger partial charge in [0.2, 0.25) is 0 Å². The Labute approximate surface area is 119 Å². The minimum atomic E-state index is -4.47. The number of halogens is 3. The summed E-state index contributed by atoms with van der Waals surface area (Å²) in [6.07, 6.45) is 1.23. The Morgan fingerprint density at radius 2 is 2.20 bits per heavy atom. The maximum atomic E-state index is 12.4. The summed E-state index contributed by atoms with van der Waals surface area (Å²) in [5.41, 5.74) is -4.54. The molecule has 20 heavy (non-hydrogen) atoms. The second kappa shape index (κ2) is 7.49. The van der Waals surface area contributed by atoms with E-state index in [-0.39, 0.29) is 28.4 Å². The number of pyridine rings is 1. The number of carbonyl (C=O) groups excluding carboxylic acids is 1. The second-order valence-corrected chi connectivity index (χ2v) is 5.13. The van der Waals surface area contributed by atoms with Crippen LogP contribution in [0.15, 0.2) is 23.4 Å². The number of hydrogen-bond acceptors (Lipinski definition) is 4. The number of rotatable bonds is 6. The molecule has 1 amide bonds. The number of amides is 1. The molecule has 0 saturated heterocycles. The van der Waals surface area contributed by atoms with E-state index in [2.05, 4.69) is 15.6 Å². The Hall–Kier alpha value is -1.28. The fraction of sp³-hybridized carbons (Fsp3) is 0.500. The van der Waals surface area contributed by atoms with E-state index in [1.807, 2.05) is 13.8 Å². The van der Waals surface area contributed by atoms with Crippen LogP contribution in [0, 0.1) is 0 Å². The number of thioether (sulfide) groups is 1. The van der Waals surface area contributed by atoms with Crippen molar-refractivity contribution in [3.63, 3.8) is 0 Å². The van der Waals surface area contributed by atoms with Crippen molar-refractivity contribution in [2.24, 2.45) is 0 Å². The summed E-state index contributed by atoms with van der Waals surface area (Å²) in [7, 11) is 0. The molecule has 1 heterocycles. The van der Waals surface area contributed by atoms with E-state index in [0.29, 0.717) is 6.54 Å². The van der Waals surface area contributed by atoms with Crippen molar-refractivity contribution in [2.75, 3.05) is 13.1 Å². The number of aromatic nitrogens is 1. The second-order valence-electron chi connectivity index (χ2n) is 4.07. The molecule has 8 heteroatoms. The number of likely N-dealkylation sites (N-methyl/N-ethyl adjacent to an activating group) is 1. The SMILES string of the molecule is CCN[C@H](C)CNC(=O)c1cccnc1SC(F)(F)F. The van der Waals surface area contributed by atoms with E-state index in [9.17, 15) is 18.0 Å². The van der Waals surface area contributed by atoms with Gasteiger partial charge in [-0.15, -0.1) is 0 Å². The van der Waals surface area contributed by atoms with E-state index < -0.39 is 11.4 Å². The van der Waals surface area contributed by atoms with Crippen molar-refractivity contribution < 1.29 is 18.0 Å². The van der Waals surface area contributed by atoms with Crippen molar-refractivity contribution in [1.29, 1.82) is 0 Å². The van der Waals surface area contributed by atoms with Gasteiger partial charge in [-0.3, -0.25) is 4.79 Å². The molecule has 0 aliphatic carbocycles. The smallest absolute Gasteiger partial charge is 0.350 e. The Bertz CT molecular complexity index is 454. The van der Waals surface area contributed by atoms with Crippen LogP contribution in [0.25, 0.3) is 0 Å². The Balaban J connectivity index is 2.73. The third-order valence-electron chi connectivity index (χ3n) is 2.35. The Kier molecular flexibility index (Phi) is 6.28. The lowest BCUT2D eigenvalue weighted by Gasteiger charge is -2.14. The first-order valence-electron chi connectivity index (χ1n) is 6.05. The summed E-state index contributed by atoms with van der Waals surface area (Å²) in [6, 6.07) is 2.80. The van der Waals surface area contributed by atoms with Gasteiger partial charge in [0.25, 0.3) is 5.91 Å². The van der Waals surface area contributed by atoms with Crippen molar-refractivity contribution in [2.45, 2.75) is 30.4 Å². The number of alkyl halides is 3. The summed E-state index contributed by atoms with van der Waals surface area (Å²) in [4.78, 5) is 15.5. The van der Waals surface area contributed by atoms with E-state index >= 15 is 0 Å². The quantitative estimate of drug-likeness (QED) is 0.793. The molecule has 0 aromatic carbocycles. The molecule has 0 fully saturated rings. The van der Waals surface area contributed by atoms with E-state index in [0.717, 1.165) is 6.54 Å². The van der Waals surface area contributed by atoms with Crippen molar-refractivity contribution in [3.8, 4) is 0 Å². The molecule has 1 aromatic rings. The highest BCUT2D eigenvalue weighted by molar-refractivity contribution is 8.00. The number of carbonyl (C=O) groups is 1. The fourth-order valence-electron chi connectivity index (χ4n) is 1.52. The van der Waals surface area contributed by atoms with Crippen LogP contribution in [0.3, 0.4) is 0 Å². The van der Waals surface area contributed by atoms with Crippen LogP contribution in [0.5, 0.6) is 0 Å². The van der Waals surface area contributed by atoms with Crippen molar-refractivity contribution >= 4 is 17.7 Å². The highest BCUT2D eigenvalue weighted by Crippen LogP contribution is 2.37. The third kappa shape index (κ3) is 5.79. The molecule has 0 saturated carbocycles. The lowest BCUT2D eigenvalue weighted by Crippen LogP contribution is -2.39. The average molecular weight is 307 g/mol. The molecule has 1 atom stereocenters. The molecule has 4 nitrogen and oxygen atoms in total. The van der Waals surface area contributed by atoms with Crippen LogP contribution >= 0.6 is 11.8 Å². The minimum absolute atomic E-state index is 0.0411. The Morgan fingerprint density at radius 3 is 2.80 bits per heavy atom. The molecule has 0 radical (unpaired) electrons. The Morgan fingerprint density at radius 1 is 1.50 bits per heavy atom. The van der Waals surface area contributed by atoms with Crippen LogP contribution in [0.2, 0.25) is 0 Å². The largest absolute Gasteiger partial charge is 0.447 e. The zero-order valence-corrected chi connectivity index (χ0v) is 11.9. The number of hydrogen-bond donors (Lipinski definition) is 2. The standard InChI is InChI=1S/C12H16F3N3OS/c1-3-16-8(2)7-18-10(19)9-5-4-6-17-11(9)20-12(13,14)15/h4-6,8,16H,3,7H2,1-2H3,(H,18,19)/t8-/m1/s1. The van der Waals surface area contributed by atoms with Gasteiger partial charge in [0.1, 0.15) is 5.03 Å². The summed E-state index contributed by atoms with van der Waals surface area (Å²) in [6.45, 7) is 4.88. The fourth-order valence-corrected chi connectivity index (χ4v) is 2.12. The monoisotopic (exact) mass is 307 g/mol. The maximum Gasteiger partial charge on any atom is 0.447 e. The molecule has 0 unspecified atom stereocenters. The van der Waals surface area contributed by atoms with Crippen molar-refractivity contribution in [3.05, 3.63) is 23.9 Å². The van der Waals surface area contributed by atoms with Gasteiger partial charge in [0.15, 0.2) is 0 Å². The molecule has 0 aliphatic heterocycles. The number of nitrogens with one attached hydrogen (secondary N) is 2. The van der Waals surface area contributed by atoms with Crippen molar-refractivity contribution in [1.82, 2.24) is 15.6 Å². The average Bonchev–Trinajstić information content (AvgIpc) is 2.35. The normalized spacial score (nSPS) is 13.1. The van der Waals surface area contributed by atoms with Gasteiger partial charge in [0.05, 0.1) is 5.56 Å². The van der Waals surface area contributed by atoms with Gasteiger partial charge in [-0.1, -0.05) is 6.92 Å². The summed E-state index contributed by atoms with van der Waals surface area (Å²) < 4.78 is 37.1. The lowest BCUT2D eigenvalue weighted by atomic mass is 10.2. The number of nitrogens with zero attached hydrogens (tertiary/aromatic N) is 1. The zero-order chi connectivity index (χ0) is 15.2. The van der Waals surface area contributed by atoms with Crippen LogP contribution in [0.4, 0.5) is 13.2 Å². The summed E-state index contributed by atoms with van der Waals surface area (Å²) >= 11 is -0.387. The van der Waals surface area contributed by atoms with Crippen LogP contribution in [-0.4, -0.2) is 35.5 Å². The van der Waals surface area contributed by atoms with Gasteiger partial charge in [0, 0.05) is 30.5 Å². The first-order chi connectivity index (χ1) is 9.33. The molecule has 1 aromatic heterocycles. The molecule has 0 bridgehead atoms. The topological polar surface area (TPSA) is 54.0 Å². The molecule has 1 rings (SSSR count). The molecular weight excluding hydrogens is 291 g/mol. The van der Waals surface area contributed by atoms with E-state index in [4.69, 9.17) is 0 Å². The predicted molar refractivity (Wildman–Crippen MR) is 71.6 cm³/mol. The first-order valence-corrected chi connectivity index (χ1v) is 6.87. The molecule has 0 aliphatic rings. The van der Waals surface area contributed by atoms with Gasteiger partial charge < -0.3 is 10.6 Å². The highest BCUT2D eigenvalue weighted by atomic mass is 32.2. The third-order valence-corrected chi connectivity index (χ3v) is 3.10. The molecular formula is C12H16F3N3OS. The molecule has 112 valence electrons. The molecule has 2 N–H and O–H groups in total. The van der Waals surface area contributed by atoms with Crippen LogP contribution in [0.1, 0.15) is 24.2 Å². The maximum absolute atomic E-state index is 12.4. The van der Waals surface area contributed by atoms with Crippen LogP contribution in [-0.2, 0) is 0 Å². The summed E-state index contributed by atoms with van der Waals surface area (Å²) in [5.74, 6) is -0.561. The van der Waals surface area contributed by atoms with Crippen LogP contribution < -0.4 is 10.6 Å². The predicted octanol–water partition coefficient (Wildman–Crippen LogP) is 2.42. The van der Waals surface area contributed by atoms with Gasteiger partial charge in [-0.05, 0) is 25.6 Å². The minimum Gasteiger partial charge on any atom is -0.350 e. The molecule has 0 spiro atoms. The lowest BCUT2D eigenvalue weighted by molar-refractivity contribution is -0.0329. The first kappa shape index (κ1) is 16.8. The van der Waals surface area contributed by atoms with E-state index in [1.54, 1.807) is 0 Å².